The van der Waals surface area contributed by atoms with E-state index in [1.54, 1.807) is 36.9 Å². The number of hydrogen-bond donors (Lipinski definition) is 0. The monoisotopic (exact) mass is 238 g/mol. The Labute approximate surface area is 95.1 Å². The zero-order chi connectivity index (χ0) is 10.3. The largest absolute Gasteiger partial charge is 0.231 e. The van der Waals surface area contributed by atoms with Gasteiger partial charge in [-0.25, -0.2) is 23.6 Å². The lowest BCUT2D eigenvalue weighted by Crippen LogP contribution is -1.84. The Hall–Kier alpha value is -1.18. The summed E-state index contributed by atoms with van der Waals surface area (Å²) in [5.41, 5.74) is 0. The Morgan fingerprint density at radius 3 is 1.53 bits per heavy atom. The number of nitrogens with zero attached hydrogens (tertiary/aromatic N) is 4. The van der Waals surface area contributed by atoms with Crippen molar-refractivity contribution in [3.8, 4) is 0 Å². The predicted octanol–water partition coefficient (Wildman–Crippen LogP) is 2.00. The lowest BCUT2D eigenvalue weighted by molar-refractivity contribution is 0.728. The van der Waals surface area contributed by atoms with Crippen LogP contribution >= 0.6 is 24.1 Å². The molecule has 7 heteroatoms. The fraction of sp³-hybridized carbons (Fsp3) is 0. The van der Waals surface area contributed by atoms with E-state index in [9.17, 15) is 0 Å². The molecule has 15 heavy (non-hydrogen) atoms. The molecule has 0 aliphatic carbocycles. The quantitative estimate of drug-likeness (QED) is 0.596. The Balaban J connectivity index is 1.81. The Morgan fingerprint density at radius 1 is 0.733 bits per heavy atom. The Kier molecular flexibility index (Phi) is 3.89. The lowest BCUT2D eigenvalue weighted by Gasteiger charge is -1.97. The molecule has 0 aliphatic heterocycles. The van der Waals surface area contributed by atoms with Crippen LogP contribution in [-0.4, -0.2) is 19.9 Å². The zero-order valence-electron chi connectivity index (χ0n) is 7.48. The molecule has 0 bridgehead atoms. The Bertz CT molecular complexity index is 360. The average molecular weight is 238 g/mol. The van der Waals surface area contributed by atoms with Crippen LogP contribution in [0.2, 0.25) is 0 Å². The first kappa shape index (κ1) is 10.3. The highest BCUT2D eigenvalue weighted by Gasteiger charge is 2.00. The lowest BCUT2D eigenvalue weighted by atomic mass is 10.7. The SMILES string of the molecule is c1cnc(SOSc2ncccn2)nc1. The average Bonchev–Trinajstić information content (AvgIpc) is 2.32. The second-order valence-corrected chi connectivity index (χ2v) is 3.91. The summed E-state index contributed by atoms with van der Waals surface area (Å²) in [6.07, 6.45) is 6.62. The van der Waals surface area contributed by atoms with E-state index in [2.05, 4.69) is 19.9 Å². The van der Waals surface area contributed by atoms with Crippen molar-refractivity contribution in [3.05, 3.63) is 36.9 Å². The van der Waals surface area contributed by atoms with Gasteiger partial charge in [-0.1, -0.05) is 0 Å². The van der Waals surface area contributed by atoms with Gasteiger partial charge in [0, 0.05) is 24.8 Å². The Morgan fingerprint density at radius 2 is 1.13 bits per heavy atom. The second kappa shape index (κ2) is 5.64. The molecule has 0 aliphatic rings. The number of aromatic nitrogens is 4. The summed E-state index contributed by atoms with van der Waals surface area (Å²) >= 11 is 2.15. The van der Waals surface area contributed by atoms with E-state index in [-0.39, 0.29) is 0 Å². The smallest absolute Gasteiger partial charge is 0.216 e. The molecule has 0 N–H and O–H groups in total. The van der Waals surface area contributed by atoms with Gasteiger partial charge < -0.3 is 0 Å². The van der Waals surface area contributed by atoms with E-state index in [1.807, 2.05) is 0 Å². The van der Waals surface area contributed by atoms with E-state index >= 15 is 0 Å². The van der Waals surface area contributed by atoms with Crippen LogP contribution in [0.5, 0.6) is 0 Å². The van der Waals surface area contributed by atoms with Gasteiger partial charge in [-0.15, -0.1) is 0 Å². The normalized spacial score (nSPS) is 10.1. The molecule has 0 unspecified atom stereocenters. The highest BCUT2D eigenvalue weighted by Crippen LogP contribution is 2.24. The van der Waals surface area contributed by atoms with Crippen molar-refractivity contribution >= 4 is 24.1 Å². The van der Waals surface area contributed by atoms with Gasteiger partial charge in [-0.05, 0) is 12.1 Å². The zero-order valence-corrected chi connectivity index (χ0v) is 9.11. The first-order valence-corrected chi connectivity index (χ1v) is 5.49. The van der Waals surface area contributed by atoms with Crippen LogP contribution in [0.15, 0.2) is 47.2 Å². The number of rotatable bonds is 4. The van der Waals surface area contributed by atoms with Gasteiger partial charge in [0.15, 0.2) is 0 Å². The van der Waals surface area contributed by atoms with Gasteiger partial charge in [0.05, 0.1) is 24.1 Å². The van der Waals surface area contributed by atoms with E-state index in [1.165, 1.54) is 0 Å². The third-order valence-corrected chi connectivity index (χ3v) is 2.57. The highest BCUT2D eigenvalue weighted by molar-refractivity contribution is 8.07. The molecule has 0 saturated heterocycles. The van der Waals surface area contributed by atoms with E-state index in [4.69, 9.17) is 3.63 Å². The van der Waals surface area contributed by atoms with Gasteiger partial charge in [0.2, 0.25) is 10.3 Å². The summed E-state index contributed by atoms with van der Waals surface area (Å²) in [5.74, 6) is 0. The molecule has 0 fully saturated rings. The molecular formula is C8H6N4OS2. The van der Waals surface area contributed by atoms with Crippen molar-refractivity contribution in [2.45, 2.75) is 10.3 Å². The minimum atomic E-state index is 0.556. The fourth-order valence-electron chi connectivity index (χ4n) is 0.735. The summed E-state index contributed by atoms with van der Waals surface area (Å²) in [7, 11) is 0. The molecule has 0 atom stereocenters. The first-order valence-electron chi connectivity index (χ1n) is 4.00. The molecular weight excluding hydrogens is 232 g/mol. The molecule has 0 spiro atoms. The minimum Gasteiger partial charge on any atom is -0.231 e. The van der Waals surface area contributed by atoms with Crippen LogP contribution in [0, 0.1) is 0 Å². The molecule has 5 nitrogen and oxygen atoms in total. The third-order valence-electron chi connectivity index (χ3n) is 1.30. The van der Waals surface area contributed by atoms with Crippen molar-refractivity contribution in [2.24, 2.45) is 0 Å². The maximum absolute atomic E-state index is 5.19. The van der Waals surface area contributed by atoms with Crippen LogP contribution < -0.4 is 0 Å². The van der Waals surface area contributed by atoms with Gasteiger partial charge >= 0.3 is 0 Å². The topological polar surface area (TPSA) is 60.8 Å². The summed E-state index contributed by atoms with van der Waals surface area (Å²) in [4.78, 5) is 15.9. The maximum atomic E-state index is 5.19. The summed E-state index contributed by atoms with van der Waals surface area (Å²) < 4.78 is 5.19. The van der Waals surface area contributed by atoms with Gasteiger partial charge in [-0.2, -0.15) is 0 Å². The third kappa shape index (κ3) is 3.46. The van der Waals surface area contributed by atoms with Gasteiger partial charge in [-0.3, -0.25) is 0 Å². The molecule has 0 radical (unpaired) electrons. The highest BCUT2D eigenvalue weighted by atomic mass is 32.2. The standard InChI is InChI=1S/C8H6N4OS2/c1-3-9-7(10-4-1)14-13-15-8-11-5-2-6-12-8/h1-6H. The van der Waals surface area contributed by atoms with Crippen molar-refractivity contribution in [1.29, 1.82) is 0 Å². The number of hydrogen-bond acceptors (Lipinski definition) is 7. The van der Waals surface area contributed by atoms with Crippen molar-refractivity contribution < 1.29 is 3.63 Å². The molecule has 2 rings (SSSR count). The van der Waals surface area contributed by atoms with Crippen molar-refractivity contribution in [1.82, 2.24) is 19.9 Å². The minimum absolute atomic E-state index is 0.556. The van der Waals surface area contributed by atoms with E-state index in [0.717, 1.165) is 24.1 Å². The van der Waals surface area contributed by atoms with Crippen LogP contribution in [-0.2, 0) is 3.63 Å². The summed E-state index contributed by atoms with van der Waals surface area (Å²) in [6.45, 7) is 0. The van der Waals surface area contributed by atoms with E-state index in [0.29, 0.717) is 10.3 Å². The van der Waals surface area contributed by atoms with Crippen molar-refractivity contribution in [3.63, 3.8) is 0 Å². The van der Waals surface area contributed by atoms with Crippen LogP contribution in [0.25, 0.3) is 0 Å². The fourth-order valence-corrected chi connectivity index (χ4v) is 1.77. The molecule has 2 aromatic heterocycles. The molecule has 0 saturated carbocycles. The van der Waals surface area contributed by atoms with Crippen LogP contribution in [0.4, 0.5) is 0 Å². The first-order chi connectivity index (χ1) is 7.45. The van der Waals surface area contributed by atoms with Crippen LogP contribution in [0.1, 0.15) is 0 Å². The summed E-state index contributed by atoms with van der Waals surface area (Å²) in [5, 5.41) is 1.11. The molecule has 2 heterocycles. The second-order valence-electron chi connectivity index (χ2n) is 2.30. The van der Waals surface area contributed by atoms with Gasteiger partial charge in [0.25, 0.3) is 0 Å². The molecule has 2 aromatic rings. The van der Waals surface area contributed by atoms with Gasteiger partial charge in [0.1, 0.15) is 0 Å². The van der Waals surface area contributed by atoms with E-state index < -0.39 is 0 Å². The van der Waals surface area contributed by atoms with Crippen molar-refractivity contribution in [2.75, 3.05) is 0 Å². The van der Waals surface area contributed by atoms with Crippen LogP contribution in [0.3, 0.4) is 0 Å². The molecule has 0 amide bonds. The predicted molar refractivity (Wildman–Crippen MR) is 56.9 cm³/mol. The maximum Gasteiger partial charge on any atom is 0.216 e. The molecule has 0 aromatic carbocycles. The molecule has 76 valence electrons. The summed E-state index contributed by atoms with van der Waals surface area (Å²) in [6, 6.07) is 3.50.